The van der Waals surface area contributed by atoms with Crippen molar-refractivity contribution in [3.8, 4) is 0 Å². The monoisotopic (exact) mass is 240 g/mol. The lowest BCUT2D eigenvalue weighted by molar-refractivity contribution is -0.00000448. The first-order valence-electron chi connectivity index (χ1n) is 5.13. The van der Waals surface area contributed by atoms with E-state index in [1.807, 2.05) is 40.3 Å². The van der Waals surface area contributed by atoms with Crippen LogP contribution in [0, 0.1) is 5.41 Å². The zero-order chi connectivity index (χ0) is 10.8. The second-order valence-corrected chi connectivity index (χ2v) is 3.43. The minimum absolute atomic E-state index is 0. The van der Waals surface area contributed by atoms with Gasteiger partial charge in [0.15, 0.2) is 0 Å². The van der Waals surface area contributed by atoms with E-state index in [1.54, 1.807) is 0 Å². The number of halogens is 1. The number of hydrogen-bond acceptors (Lipinski definition) is 2. The lowest BCUT2D eigenvalue weighted by Crippen LogP contribution is -3.00. The van der Waals surface area contributed by atoms with E-state index in [1.165, 1.54) is 0 Å². The summed E-state index contributed by atoms with van der Waals surface area (Å²) in [5.41, 5.74) is 2.52. The molecular weight excluding hydrogens is 226 g/mol. The summed E-state index contributed by atoms with van der Waals surface area (Å²) in [6.07, 6.45) is 0. The second-order valence-electron chi connectivity index (χ2n) is 3.43. The Morgan fingerprint density at radius 3 is 2.25 bits per heavy atom. The van der Waals surface area contributed by atoms with Gasteiger partial charge in [0, 0.05) is 13.1 Å². The maximum atomic E-state index is 8.97. The Morgan fingerprint density at radius 2 is 1.75 bits per heavy atom. The highest BCUT2D eigenvalue weighted by Gasteiger charge is 2.07. The van der Waals surface area contributed by atoms with Crippen LogP contribution in [0.4, 0.5) is 0 Å². The van der Waals surface area contributed by atoms with Gasteiger partial charge in [-0.1, -0.05) is 12.1 Å². The van der Waals surface area contributed by atoms with Crippen LogP contribution in [0.2, 0.25) is 0 Å². The molecule has 1 heterocycles. The third-order valence-electron chi connectivity index (χ3n) is 2.61. The van der Waals surface area contributed by atoms with Gasteiger partial charge in [-0.05, 0) is 19.1 Å². The fourth-order valence-corrected chi connectivity index (χ4v) is 1.94. The predicted octanol–water partition coefficient (Wildman–Crippen LogP) is -2.06. The summed E-state index contributed by atoms with van der Waals surface area (Å²) >= 11 is 0. The first kappa shape index (κ1) is 12.8. The molecule has 2 rings (SSSR count). The minimum atomic E-state index is 0. The van der Waals surface area contributed by atoms with Gasteiger partial charge >= 0.3 is 0 Å². The maximum absolute atomic E-state index is 8.97. The number of aromatic nitrogens is 2. The van der Waals surface area contributed by atoms with E-state index in [-0.39, 0.29) is 19.0 Å². The van der Waals surface area contributed by atoms with Gasteiger partial charge in [-0.15, -0.1) is 0 Å². The van der Waals surface area contributed by atoms with Crippen LogP contribution in [0.3, 0.4) is 0 Å². The number of imidazole rings is 1. The van der Waals surface area contributed by atoms with Crippen LogP contribution in [0.1, 0.15) is 6.92 Å². The molecule has 0 radical (unpaired) electrons. The van der Waals surface area contributed by atoms with Gasteiger partial charge in [0.05, 0.1) is 17.6 Å². The minimum Gasteiger partial charge on any atom is -1.00 e. The number of aliphatic hydroxyl groups excluding tert-OH is 1. The van der Waals surface area contributed by atoms with Crippen molar-refractivity contribution in [2.75, 3.05) is 6.61 Å². The molecule has 0 spiro atoms. The van der Waals surface area contributed by atoms with Crippen molar-refractivity contribution < 1.29 is 17.5 Å². The van der Waals surface area contributed by atoms with Crippen LogP contribution in [-0.2, 0) is 13.1 Å². The van der Waals surface area contributed by atoms with E-state index in [0.717, 1.165) is 17.6 Å². The Labute approximate surface area is 100 Å². The molecule has 0 amide bonds. The van der Waals surface area contributed by atoms with E-state index < -0.39 is 0 Å². The van der Waals surface area contributed by atoms with Crippen molar-refractivity contribution in [3.63, 3.8) is 0 Å². The van der Waals surface area contributed by atoms with Gasteiger partial charge in [0.25, 0.3) is 0 Å². The molecule has 0 unspecified atom stereocenters. The summed E-state index contributed by atoms with van der Waals surface area (Å²) in [5.74, 6) is 0. The number of benzene rings is 1. The molecule has 88 valence electrons. The SMILES string of the molecule is CCn1c(=N)n(CCO)c2ccccc21.[Cl-]. The highest BCUT2D eigenvalue weighted by atomic mass is 35.5. The van der Waals surface area contributed by atoms with Crippen molar-refractivity contribution in [3.05, 3.63) is 29.9 Å². The van der Waals surface area contributed by atoms with Crippen molar-refractivity contribution >= 4 is 11.0 Å². The van der Waals surface area contributed by atoms with Crippen LogP contribution >= 0.6 is 0 Å². The molecule has 0 aliphatic heterocycles. The van der Waals surface area contributed by atoms with Gasteiger partial charge in [-0.25, -0.2) is 0 Å². The zero-order valence-corrected chi connectivity index (χ0v) is 9.91. The van der Waals surface area contributed by atoms with Crippen LogP contribution < -0.4 is 18.0 Å². The quantitative estimate of drug-likeness (QED) is 0.637. The number of nitrogens with one attached hydrogen (secondary N) is 1. The molecule has 5 heteroatoms. The first-order valence-corrected chi connectivity index (χ1v) is 5.13. The van der Waals surface area contributed by atoms with Gasteiger partial charge in [-0.3, -0.25) is 5.41 Å². The number of hydrogen-bond donors (Lipinski definition) is 2. The normalized spacial score (nSPS) is 10.4. The molecule has 0 aliphatic rings. The van der Waals surface area contributed by atoms with Crippen molar-refractivity contribution in [2.24, 2.45) is 0 Å². The molecule has 1 aromatic heterocycles. The zero-order valence-electron chi connectivity index (χ0n) is 9.15. The number of aliphatic hydroxyl groups is 1. The van der Waals surface area contributed by atoms with Crippen LogP contribution in [0.25, 0.3) is 11.0 Å². The van der Waals surface area contributed by atoms with E-state index in [0.29, 0.717) is 12.2 Å². The second kappa shape index (κ2) is 5.18. The summed E-state index contributed by atoms with van der Waals surface area (Å²) in [6.45, 7) is 3.34. The third kappa shape index (κ3) is 1.86. The summed E-state index contributed by atoms with van der Waals surface area (Å²) in [7, 11) is 0. The molecule has 2 aromatic rings. The van der Waals surface area contributed by atoms with Gasteiger partial charge in [0.2, 0.25) is 5.62 Å². The largest absolute Gasteiger partial charge is 1.00 e. The Hall–Kier alpha value is -1.26. The Balaban J connectivity index is 0.00000128. The molecule has 0 saturated carbocycles. The molecular formula is C11H15ClN3O-. The summed E-state index contributed by atoms with van der Waals surface area (Å²) in [4.78, 5) is 0. The lowest BCUT2D eigenvalue weighted by atomic mass is 10.3. The van der Waals surface area contributed by atoms with E-state index in [9.17, 15) is 0 Å². The van der Waals surface area contributed by atoms with Crippen LogP contribution in [-0.4, -0.2) is 20.8 Å². The first-order chi connectivity index (χ1) is 7.29. The number of para-hydroxylation sites is 2. The highest BCUT2D eigenvalue weighted by Crippen LogP contribution is 2.11. The average molecular weight is 241 g/mol. The molecule has 0 atom stereocenters. The third-order valence-corrected chi connectivity index (χ3v) is 2.61. The molecule has 2 N–H and O–H groups in total. The molecule has 0 aliphatic carbocycles. The van der Waals surface area contributed by atoms with E-state index in [4.69, 9.17) is 10.5 Å². The van der Waals surface area contributed by atoms with Gasteiger partial charge < -0.3 is 26.6 Å². The Bertz CT molecular complexity index is 529. The fraction of sp³-hybridized carbons (Fsp3) is 0.364. The van der Waals surface area contributed by atoms with Crippen molar-refractivity contribution in [2.45, 2.75) is 20.0 Å². The van der Waals surface area contributed by atoms with Crippen molar-refractivity contribution in [1.82, 2.24) is 9.13 Å². The topological polar surface area (TPSA) is 53.9 Å². The maximum Gasteiger partial charge on any atom is 0.203 e. The highest BCUT2D eigenvalue weighted by molar-refractivity contribution is 5.75. The molecule has 0 bridgehead atoms. The van der Waals surface area contributed by atoms with Gasteiger partial charge in [0.1, 0.15) is 0 Å². The molecule has 16 heavy (non-hydrogen) atoms. The summed E-state index contributed by atoms with van der Waals surface area (Å²) < 4.78 is 3.77. The van der Waals surface area contributed by atoms with Crippen LogP contribution in [0.15, 0.2) is 24.3 Å². The van der Waals surface area contributed by atoms with E-state index >= 15 is 0 Å². The van der Waals surface area contributed by atoms with Crippen LogP contribution in [0.5, 0.6) is 0 Å². The number of rotatable bonds is 3. The standard InChI is InChI=1S/C11H15N3O.ClH/c1-2-13-9-5-3-4-6-10(9)14(7-8-15)11(13)12;/h3-6,12,15H,2,7-8H2,1H3;1H/p-1. The Kier molecular flexibility index (Phi) is 4.15. The molecule has 0 saturated heterocycles. The summed E-state index contributed by atoms with van der Waals surface area (Å²) in [6, 6.07) is 7.91. The summed E-state index contributed by atoms with van der Waals surface area (Å²) in [5, 5.41) is 17.0. The molecule has 1 aromatic carbocycles. The van der Waals surface area contributed by atoms with Crippen molar-refractivity contribution in [1.29, 1.82) is 5.41 Å². The number of aryl methyl sites for hydroxylation is 1. The number of nitrogens with zero attached hydrogens (tertiary/aromatic N) is 2. The van der Waals surface area contributed by atoms with E-state index in [2.05, 4.69) is 0 Å². The lowest BCUT2D eigenvalue weighted by Gasteiger charge is -1.99. The fourth-order valence-electron chi connectivity index (χ4n) is 1.94. The molecule has 4 nitrogen and oxygen atoms in total. The predicted molar refractivity (Wildman–Crippen MR) is 58.5 cm³/mol. The van der Waals surface area contributed by atoms with Gasteiger partial charge in [-0.2, -0.15) is 0 Å². The number of fused-ring (bicyclic) bond motifs is 1. The smallest absolute Gasteiger partial charge is 0.203 e. The Morgan fingerprint density at radius 1 is 1.19 bits per heavy atom. The molecule has 0 fully saturated rings. The average Bonchev–Trinajstić information content (AvgIpc) is 2.53.